The summed E-state index contributed by atoms with van der Waals surface area (Å²) in [6, 6.07) is 0.413. The molecule has 0 radical (unpaired) electrons. The number of amides is 2. The van der Waals surface area contributed by atoms with E-state index in [1.165, 1.54) is 11.8 Å². The number of aliphatic imine (C=N–C) groups is 1. The number of hydrogen-bond donors (Lipinski definition) is 2. The Morgan fingerprint density at radius 1 is 1.08 bits per heavy atom. The van der Waals surface area contributed by atoms with Crippen molar-refractivity contribution in [2.45, 2.75) is 18.9 Å². The zero-order chi connectivity index (χ0) is 18.0. The Kier molecular flexibility index (Phi) is 5.31. The van der Waals surface area contributed by atoms with Gasteiger partial charge in [-0.05, 0) is 23.8 Å². The summed E-state index contributed by atoms with van der Waals surface area (Å²) in [6.45, 7) is 0.0413. The number of urea groups is 1. The van der Waals surface area contributed by atoms with Crippen molar-refractivity contribution < 1.29 is 31.1 Å². The lowest BCUT2D eigenvalue weighted by atomic mass is 10.0. The average Bonchev–Trinajstić information content (AvgIpc) is 2.96. The third kappa shape index (κ3) is 5.05. The van der Waals surface area contributed by atoms with Gasteiger partial charge in [-0.2, -0.15) is 26.3 Å². The fourth-order valence-corrected chi connectivity index (χ4v) is 2.58. The smallest absolute Gasteiger partial charge is 0.334 e. The summed E-state index contributed by atoms with van der Waals surface area (Å²) in [5, 5.41) is 4.92. The lowest BCUT2D eigenvalue weighted by molar-refractivity contribution is -0.143. The molecule has 0 bridgehead atoms. The minimum atomic E-state index is -4.92. The van der Waals surface area contributed by atoms with Crippen LogP contribution in [0, 0.1) is 0 Å². The molecule has 0 aliphatic carbocycles. The lowest BCUT2D eigenvalue weighted by Crippen LogP contribution is -2.37. The number of carbonyl (C=O) groups is 1. The summed E-state index contributed by atoms with van der Waals surface area (Å²) in [5.41, 5.74) is -3.16. The van der Waals surface area contributed by atoms with Crippen molar-refractivity contribution in [3.8, 4) is 0 Å². The zero-order valence-corrected chi connectivity index (χ0v) is 12.7. The lowest BCUT2D eigenvalue weighted by Gasteiger charge is -2.14. The van der Waals surface area contributed by atoms with Crippen LogP contribution in [0.1, 0.15) is 16.7 Å². The van der Waals surface area contributed by atoms with E-state index in [2.05, 4.69) is 15.6 Å². The van der Waals surface area contributed by atoms with Gasteiger partial charge in [0.15, 0.2) is 5.17 Å². The van der Waals surface area contributed by atoms with Crippen molar-refractivity contribution in [2.75, 3.05) is 12.3 Å². The van der Waals surface area contributed by atoms with Crippen molar-refractivity contribution in [1.82, 2.24) is 10.6 Å². The van der Waals surface area contributed by atoms with Gasteiger partial charge in [-0.15, -0.1) is 0 Å². The van der Waals surface area contributed by atoms with Gasteiger partial charge in [-0.1, -0.05) is 11.8 Å². The maximum Gasteiger partial charge on any atom is 0.416 e. The molecule has 1 heterocycles. The average molecular weight is 371 g/mol. The molecule has 1 aliphatic rings. The number of halogens is 6. The highest BCUT2D eigenvalue weighted by Crippen LogP contribution is 2.36. The van der Waals surface area contributed by atoms with Gasteiger partial charge in [0.25, 0.3) is 0 Å². The van der Waals surface area contributed by atoms with Crippen molar-refractivity contribution in [1.29, 1.82) is 0 Å². The minimum absolute atomic E-state index is 0.0352. The van der Waals surface area contributed by atoms with E-state index < -0.39 is 36.1 Å². The number of rotatable bonds is 2. The first-order valence-corrected chi connectivity index (χ1v) is 7.55. The molecule has 0 aromatic heterocycles. The standard InChI is InChI=1S/C13H11F6N3OS/c14-12(15,16)8-3-7(4-9(5-8)13(17,18)19)6-21-10(23)22-11-20-1-2-24-11/h3-5H,1-2,6H2,(H2,20,21,22,23). The van der Waals surface area contributed by atoms with Crippen molar-refractivity contribution in [3.63, 3.8) is 0 Å². The Bertz CT molecular complexity index is 624. The molecule has 1 aromatic carbocycles. The first kappa shape index (κ1) is 18.4. The second kappa shape index (κ2) is 6.91. The number of hydrogen-bond acceptors (Lipinski definition) is 3. The molecule has 2 rings (SSSR count). The summed E-state index contributed by atoms with van der Waals surface area (Å²) in [7, 11) is 0. The molecule has 0 atom stereocenters. The van der Waals surface area contributed by atoms with Gasteiger partial charge in [-0.25, -0.2) is 4.79 Å². The Hall–Kier alpha value is -1.91. The number of thioether (sulfide) groups is 1. The zero-order valence-electron chi connectivity index (χ0n) is 11.9. The summed E-state index contributed by atoms with van der Waals surface area (Å²) < 4.78 is 76.3. The van der Waals surface area contributed by atoms with Crippen molar-refractivity contribution in [2.24, 2.45) is 4.99 Å². The van der Waals surface area contributed by atoms with E-state index in [-0.39, 0.29) is 11.6 Å². The van der Waals surface area contributed by atoms with Crippen LogP contribution >= 0.6 is 11.8 Å². The Balaban J connectivity index is 2.12. The van der Waals surface area contributed by atoms with E-state index in [0.29, 0.717) is 29.6 Å². The first-order valence-electron chi connectivity index (χ1n) is 6.56. The van der Waals surface area contributed by atoms with Crippen molar-refractivity contribution >= 4 is 23.0 Å². The summed E-state index contributed by atoms with van der Waals surface area (Å²) in [5.74, 6) is 0.693. The predicted molar refractivity (Wildman–Crippen MR) is 76.6 cm³/mol. The number of nitrogens with one attached hydrogen (secondary N) is 2. The highest BCUT2D eigenvalue weighted by molar-refractivity contribution is 8.14. The van der Waals surface area contributed by atoms with E-state index in [1.807, 2.05) is 0 Å². The molecule has 11 heteroatoms. The van der Waals surface area contributed by atoms with Crippen LogP contribution in [0.15, 0.2) is 23.2 Å². The van der Waals surface area contributed by atoms with E-state index in [1.54, 1.807) is 0 Å². The van der Waals surface area contributed by atoms with Crippen LogP contribution in [0.3, 0.4) is 0 Å². The molecule has 4 nitrogen and oxygen atoms in total. The van der Waals surface area contributed by atoms with Crippen molar-refractivity contribution in [3.05, 3.63) is 34.9 Å². The highest BCUT2D eigenvalue weighted by atomic mass is 32.2. The summed E-state index contributed by atoms with van der Waals surface area (Å²) in [6.07, 6.45) is -9.85. The Labute approximate surface area is 136 Å². The number of nitrogens with zero attached hydrogens (tertiary/aromatic N) is 1. The van der Waals surface area contributed by atoms with Gasteiger partial charge in [-0.3, -0.25) is 10.3 Å². The molecule has 0 spiro atoms. The van der Waals surface area contributed by atoms with Crippen LogP contribution in [0.2, 0.25) is 0 Å². The number of benzene rings is 1. The normalized spacial score (nSPS) is 15.2. The largest absolute Gasteiger partial charge is 0.416 e. The Morgan fingerprint density at radius 2 is 1.67 bits per heavy atom. The fourth-order valence-electron chi connectivity index (χ4n) is 1.86. The topological polar surface area (TPSA) is 53.5 Å². The SMILES string of the molecule is O=C(NCc1cc(C(F)(F)F)cc(C(F)(F)F)c1)NC1=NCCS1. The number of amidine groups is 1. The van der Waals surface area contributed by atoms with Gasteiger partial charge >= 0.3 is 18.4 Å². The second-order valence-corrected chi connectivity index (χ2v) is 5.84. The molecule has 24 heavy (non-hydrogen) atoms. The van der Waals surface area contributed by atoms with Crippen LogP contribution in [0.4, 0.5) is 31.1 Å². The van der Waals surface area contributed by atoms with Crippen LogP contribution in [0.25, 0.3) is 0 Å². The van der Waals surface area contributed by atoms with Crippen LogP contribution in [-0.2, 0) is 18.9 Å². The molecule has 2 amide bonds. The van der Waals surface area contributed by atoms with Gasteiger partial charge in [0.1, 0.15) is 0 Å². The number of carbonyl (C=O) groups excluding carboxylic acids is 1. The third-order valence-corrected chi connectivity index (χ3v) is 3.80. The van der Waals surface area contributed by atoms with Gasteiger partial charge in [0.05, 0.1) is 17.7 Å². The maximum atomic E-state index is 12.7. The molecule has 0 fully saturated rings. The molecular weight excluding hydrogens is 360 g/mol. The highest BCUT2D eigenvalue weighted by Gasteiger charge is 2.36. The molecule has 1 aliphatic heterocycles. The molecule has 0 saturated carbocycles. The molecule has 1 aromatic rings. The first-order chi connectivity index (χ1) is 11.1. The number of alkyl halides is 6. The quantitative estimate of drug-likeness (QED) is 0.781. The van der Waals surface area contributed by atoms with Crippen LogP contribution in [0.5, 0.6) is 0 Å². The molecular formula is C13H11F6N3OS. The summed E-state index contributed by atoms with van der Waals surface area (Å²) in [4.78, 5) is 15.5. The maximum absolute atomic E-state index is 12.7. The second-order valence-electron chi connectivity index (χ2n) is 4.76. The monoisotopic (exact) mass is 371 g/mol. The van der Waals surface area contributed by atoms with E-state index >= 15 is 0 Å². The van der Waals surface area contributed by atoms with Gasteiger partial charge in [0, 0.05) is 12.3 Å². The Morgan fingerprint density at radius 3 is 2.12 bits per heavy atom. The van der Waals surface area contributed by atoms with E-state index in [4.69, 9.17) is 0 Å². The minimum Gasteiger partial charge on any atom is -0.334 e. The van der Waals surface area contributed by atoms with Crippen LogP contribution in [-0.4, -0.2) is 23.5 Å². The predicted octanol–water partition coefficient (Wildman–Crippen LogP) is 3.63. The van der Waals surface area contributed by atoms with Gasteiger partial charge in [0.2, 0.25) is 0 Å². The molecule has 0 unspecified atom stereocenters. The van der Waals surface area contributed by atoms with E-state index in [0.717, 1.165) is 0 Å². The van der Waals surface area contributed by atoms with Crippen LogP contribution < -0.4 is 10.6 Å². The van der Waals surface area contributed by atoms with Gasteiger partial charge < -0.3 is 5.32 Å². The molecule has 2 N–H and O–H groups in total. The third-order valence-electron chi connectivity index (χ3n) is 2.91. The summed E-state index contributed by atoms with van der Waals surface area (Å²) >= 11 is 1.28. The van der Waals surface area contributed by atoms with E-state index in [9.17, 15) is 31.1 Å². The molecule has 132 valence electrons. The molecule has 0 saturated heterocycles. The fraction of sp³-hybridized carbons (Fsp3) is 0.385.